The summed E-state index contributed by atoms with van der Waals surface area (Å²) in [5, 5.41) is 0.347. The molecule has 0 saturated carbocycles. The minimum Gasteiger partial charge on any atom is -0.475 e. The largest absolute Gasteiger partial charge is 0.475 e. The van der Waals surface area contributed by atoms with Gasteiger partial charge in [0.1, 0.15) is 5.75 Å². The molecular weight excluding hydrogens is 373 g/mol. The number of benzene rings is 1. The van der Waals surface area contributed by atoms with Crippen LogP contribution in [-0.2, 0) is 19.7 Å². The maximum Gasteiger partial charge on any atom is 0.430 e. The lowest BCUT2D eigenvalue weighted by Gasteiger charge is -2.31. The number of carbonyl (C=O) groups excluding carboxylic acids is 1. The van der Waals surface area contributed by atoms with E-state index in [1.165, 1.54) is 26.2 Å². The summed E-state index contributed by atoms with van der Waals surface area (Å²) in [6.45, 7) is 5.50. The van der Waals surface area contributed by atoms with Crippen molar-refractivity contribution in [2.75, 3.05) is 20.3 Å². The van der Waals surface area contributed by atoms with E-state index < -0.39 is 29.2 Å². The maximum atomic E-state index is 13.4. The van der Waals surface area contributed by atoms with Crippen LogP contribution in [0.4, 0.5) is 13.2 Å². The molecule has 144 valence electrons. The first kappa shape index (κ1) is 20.6. The first-order valence-corrected chi connectivity index (χ1v) is 8.34. The highest BCUT2D eigenvalue weighted by molar-refractivity contribution is 6.31. The van der Waals surface area contributed by atoms with Gasteiger partial charge in [-0.1, -0.05) is 25.4 Å². The van der Waals surface area contributed by atoms with Crippen molar-refractivity contribution in [1.82, 2.24) is 0 Å². The van der Waals surface area contributed by atoms with E-state index in [4.69, 9.17) is 25.8 Å². The average Bonchev–Trinajstić information content (AvgIpc) is 2.52. The molecule has 0 radical (unpaired) electrons. The third-order valence-corrected chi connectivity index (χ3v) is 4.29. The number of rotatable bonds is 5. The van der Waals surface area contributed by atoms with E-state index >= 15 is 0 Å². The molecule has 1 heterocycles. The number of alkyl halides is 3. The quantitative estimate of drug-likeness (QED) is 0.690. The monoisotopic (exact) mass is 392 g/mol. The fourth-order valence-electron chi connectivity index (χ4n) is 2.80. The van der Waals surface area contributed by atoms with Crippen LogP contribution in [-0.4, -0.2) is 38.6 Å². The van der Waals surface area contributed by atoms with Crippen LogP contribution in [0.25, 0.3) is 6.08 Å². The molecule has 26 heavy (non-hydrogen) atoms. The number of methoxy groups -OCH3 is 1. The van der Waals surface area contributed by atoms with Crippen LogP contribution in [0.15, 0.2) is 17.7 Å². The highest BCUT2D eigenvalue weighted by Crippen LogP contribution is 2.42. The highest BCUT2D eigenvalue weighted by Gasteiger charge is 2.49. The molecule has 4 nitrogen and oxygen atoms in total. The minimum atomic E-state index is -4.77. The van der Waals surface area contributed by atoms with E-state index in [-0.39, 0.29) is 17.9 Å². The van der Waals surface area contributed by atoms with Crippen LogP contribution >= 0.6 is 11.6 Å². The normalized spacial score (nSPS) is 17.2. The lowest BCUT2D eigenvalue weighted by atomic mass is 9.84. The van der Waals surface area contributed by atoms with Gasteiger partial charge in [0.2, 0.25) is 6.10 Å². The smallest absolute Gasteiger partial charge is 0.430 e. The summed E-state index contributed by atoms with van der Waals surface area (Å²) in [6, 6.07) is 2.95. The van der Waals surface area contributed by atoms with E-state index in [2.05, 4.69) is 0 Å². The predicted octanol–water partition coefficient (Wildman–Crippen LogP) is 4.53. The molecule has 0 spiro atoms. The molecule has 1 atom stereocenters. The number of esters is 1. The number of hydrogen-bond acceptors (Lipinski definition) is 4. The van der Waals surface area contributed by atoms with Crippen LogP contribution < -0.4 is 4.74 Å². The Morgan fingerprint density at radius 1 is 1.31 bits per heavy atom. The number of ether oxygens (including phenoxy) is 3. The van der Waals surface area contributed by atoms with Gasteiger partial charge in [-0.3, -0.25) is 0 Å². The van der Waals surface area contributed by atoms with Gasteiger partial charge in [-0.05, 0) is 30.7 Å². The van der Waals surface area contributed by atoms with Gasteiger partial charge in [-0.25, -0.2) is 4.79 Å². The molecule has 0 fully saturated rings. The molecule has 0 saturated heterocycles. The molecule has 2 rings (SSSR count). The van der Waals surface area contributed by atoms with Gasteiger partial charge in [0, 0.05) is 23.1 Å². The first-order chi connectivity index (χ1) is 12.0. The van der Waals surface area contributed by atoms with Gasteiger partial charge < -0.3 is 14.2 Å². The molecule has 0 aromatic heterocycles. The van der Waals surface area contributed by atoms with Crippen molar-refractivity contribution >= 4 is 23.6 Å². The Hall–Kier alpha value is -1.73. The summed E-state index contributed by atoms with van der Waals surface area (Å²) in [6.07, 6.45) is -6.04. The third-order valence-electron chi connectivity index (χ3n) is 3.98. The molecule has 0 N–H and O–H groups in total. The number of fused-ring (bicyclic) bond motifs is 1. The van der Waals surface area contributed by atoms with Crippen LogP contribution in [0.3, 0.4) is 0 Å². The zero-order valence-corrected chi connectivity index (χ0v) is 15.6. The van der Waals surface area contributed by atoms with Crippen LogP contribution in [0.1, 0.15) is 31.9 Å². The first-order valence-electron chi connectivity index (χ1n) is 7.96. The van der Waals surface area contributed by atoms with Gasteiger partial charge >= 0.3 is 12.1 Å². The van der Waals surface area contributed by atoms with Crippen molar-refractivity contribution in [3.63, 3.8) is 0 Å². The third kappa shape index (κ3) is 4.15. The molecule has 1 unspecified atom stereocenters. The number of carbonyl (C=O) groups is 1. The second-order valence-corrected chi connectivity index (χ2v) is 6.95. The van der Waals surface area contributed by atoms with Crippen LogP contribution in [0.5, 0.6) is 5.75 Å². The molecule has 1 aliphatic heterocycles. The summed E-state index contributed by atoms with van der Waals surface area (Å²) < 4.78 is 55.2. The van der Waals surface area contributed by atoms with E-state index in [9.17, 15) is 18.0 Å². The maximum absolute atomic E-state index is 13.4. The van der Waals surface area contributed by atoms with E-state index in [0.717, 1.165) is 6.08 Å². The molecule has 0 bridgehead atoms. The minimum absolute atomic E-state index is 0.00366. The molecule has 1 aliphatic rings. The lowest BCUT2D eigenvalue weighted by Crippen LogP contribution is -2.41. The van der Waals surface area contributed by atoms with Crippen molar-refractivity contribution in [3.8, 4) is 5.75 Å². The zero-order valence-electron chi connectivity index (χ0n) is 14.9. The van der Waals surface area contributed by atoms with Crippen molar-refractivity contribution in [3.05, 3.63) is 33.9 Å². The predicted molar refractivity (Wildman–Crippen MR) is 91.4 cm³/mol. The van der Waals surface area contributed by atoms with Crippen molar-refractivity contribution in [2.45, 2.75) is 38.5 Å². The van der Waals surface area contributed by atoms with Gasteiger partial charge in [-0.2, -0.15) is 13.2 Å². The molecule has 0 amide bonds. The van der Waals surface area contributed by atoms with Gasteiger partial charge in [0.25, 0.3) is 0 Å². The molecule has 1 aromatic carbocycles. The van der Waals surface area contributed by atoms with Crippen molar-refractivity contribution < 1.29 is 32.2 Å². The SMILES string of the molecule is CCOC(=O)C1=Cc2cc(Cl)c(C(C)(C)COC)cc2OC1C(F)(F)F. The van der Waals surface area contributed by atoms with Crippen LogP contribution in [0, 0.1) is 0 Å². The topological polar surface area (TPSA) is 44.8 Å². The van der Waals surface area contributed by atoms with E-state index in [0.29, 0.717) is 17.2 Å². The summed E-state index contributed by atoms with van der Waals surface area (Å²) in [5.74, 6) is -1.07. The van der Waals surface area contributed by atoms with E-state index in [1.807, 2.05) is 13.8 Å². The second kappa shape index (κ2) is 7.48. The molecule has 8 heteroatoms. The second-order valence-electron chi connectivity index (χ2n) is 6.55. The highest BCUT2D eigenvalue weighted by atomic mass is 35.5. The lowest BCUT2D eigenvalue weighted by molar-refractivity contribution is -0.187. The van der Waals surface area contributed by atoms with Crippen molar-refractivity contribution in [1.29, 1.82) is 0 Å². The van der Waals surface area contributed by atoms with Gasteiger partial charge in [-0.15, -0.1) is 0 Å². The Balaban J connectivity index is 2.56. The molecular formula is C18H20ClF3O4. The fraction of sp³-hybridized carbons (Fsp3) is 0.500. The van der Waals surface area contributed by atoms with Gasteiger partial charge in [0.05, 0.1) is 18.8 Å². The molecule has 1 aromatic rings. The Morgan fingerprint density at radius 3 is 2.50 bits per heavy atom. The van der Waals surface area contributed by atoms with Crippen molar-refractivity contribution in [2.24, 2.45) is 0 Å². The summed E-state index contributed by atoms with van der Waals surface area (Å²) in [4.78, 5) is 11.9. The summed E-state index contributed by atoms with van der Waals surface area (Å²) in [5.41, 5.74) is -0.265. The standard InChI is InChI=1S/C18H20ClF3O4/c1-5-25-16(23)11-6-10-7-13(19)12(17(2,3)9-24-4)8-14(10)26-15(11)18(20,21)22/h6-8,15H,5,9H2,1-4H3. The Kier molecular flexibility index (Phi) is 5.92. The Morgan fingerprint density at radius 2 is 1.96 bits per heavy atom. The molecule has 0 aliphatic carbocycles. The average molecular weight is 393 g/mol. The van der Waals surface area contributed by atoms with Crippen LogP contribution in [0.2, 0.25) is 5.02 Å². The fourth-order valence-corrected chi connectivity index (χ4v) is 3.23. The number of halogens is 4. The Bertz CT molecular complexity index is 726. The number of hydrogen-bond donors (Lipinski definition) is 0. The summed E-state index contributed by atoms with van der Waals surface area (Å²) in [7, 11) is 1.53. The summed E-state index contributed by atoms with van der Waals surface area (Å²) >= 11 is 6.32. The van der Waals surface area contributed by atoms with E-state index in [1.54, 1.807) is 0 Å². The Labute approximate surface area is 154 Å². The van der Waals surface area contributed by atoms with Gasteiger partial charge in [0.15, 0.2) is 0 Å². The zero-order chi connectivity index (χ0) is 19.7.